The molecule has 0 aliphatic rings. The van der Waals surface area contributed by atoms with Crippen molar-refractivity contribution in [2.75, 3.05) is 11.9 Å². The summed E-state index contributed by atoms with van der Waals surface area (Å²) in [4.78, 5) is 20.3. The van der Waals surface area contributed by atoms with E-state index in [9.17, 15) is 4.79 Å². The van der Waals surface area contributed by atoms with Gasteiger partial charge in [-0.3, -0.25) is 4.79 Å². The first-order valence-electron chi connectivity index (χ1n) is 7.73. The van der Waals surface area contributed by atoms with Crippen molar-refractivity contribution in [3.8, 4) is 0 Å². The Balaban J connectivity index is 2.04. The number of carbonyl (C=O) groups excluding carboxylic acids is 1. The summed E-state index contributed by atoms with van der Waals surface area (Å²) in [6.07, 6.45) is 4.57. The van der Waals surface area contributed by atoms with Crippen molar-refractivity contribution < 1.29 is 4.79 Å². The summed E-state index contributed by atoms with van der Waals surface area (Å²) in [6, 6.07) is 7.21. The van der Waals surface area contributed by atoms with E-state index >= 15 is 0 Å². The van der Waals surface area contributed by atoms with E-state index in [4.69, 9.17) is 11.6 Å². The van der Waals surface area contributed by atoms with Gasteiger partial charge in [0, 0.05) is 23.3 Å². The minimum atomic E-state index is -0.186. The number of unbranched alkanes of at least 4 members (excludes halogenated alkanes) is 2. The minimum absolute atomic E-state index is 0.186. The SMILES string of the molecule is CCCCCNC(=O)c1cc(Nc2cc(Cl)ccc2C)ncn1. The Labute approximate surface area is 141 Å². The molecule has 0 saturated heterocycles. The van der Waals surface area contributed by atoms with Crippen LogP contribution < -0.4 is 10.6 Å². The Morgan fingerprint density at radius 1 is 1.22 bits per heavy atom. The second-order valence-corrected chi connectivity index (χ2v) is 5.77. The lowest BCUT2D eigenvalue weighted by Crippen LogP contribution is -2.25. The number of amides is 1. The number of rotatable bonds is 7. The maximum absolute atomic E-state index is 12.1. The summed E-state index contributed by atoms with van der Waals surface area (Å²) in [7, 11) is 0. The lowest BCUT2D eigenvalue weighted by Gasteiger charge is -2.10. The molecular formula is C17H21ClN4O. The summed E-state index contributed by atoms with van der Waals surface area (Å²) in [6.45, 7) is 4.76. The molecule has 0 saturated carbocycles. The third-order valence-corrected chi connectivity index (χ3v) is 3.66. The van der Waals surface area contributed by atoms with Crippen LogP contribution in [0.2, 0.25) is 5.02 Å². The molecule has 122 valence electrons. The zero-order chi connectivity index (χ0) is 16.7. The van der Waals surface area contributed by atoms with Crippen LogP contribution in [0.3, 0.4) is 0 Å². The van der Waals surface area contributed by atoms with E-state index in [1.54, 1.807) is 6.07 Å². The zero-order valence-electron chi connectivity index (χ0n) is 13.4. The largest absolute Gasteiger partial charge is 0.351 e. The molecule has 0 spiro atoms. The van der Waals surface area contributed by atoms with E-state index in [1.807, 2.05) is 25.1 Å². The van der Waals surface area contributed by atoms with Gasteiger partial charge in [0.1, 0.15) is 17.8 Å². The fourth-order valence-corrected chi connectivity index (χ4v) is 2.26. The van der Waals surface area contributed by atoms with Crippen LogP contribution in [0.5, 0.6) is 0 Å². The normalized spacial score (nSPS) is 10.4. The first-order valence-corrected chi connectivity index (χ1v) is 8.11. The van der Waals surface area contributed by atoms with Gasteiger partial charge < -0.3 is 10.6 Å². The van der Waals surface area contributed by atoms with Crippen molar-refractivity contribution >= 4 is 29.0 Å². The molecular weight excluding hydrogens is 312 g/mol. The quantitative estimate of drug-likeness (QED) is 0.749. The molecule has 2 rings (SSSR count). The standard InChI is InChI=1S/C17H21ClN4O/c1-3-4-5-8-19-17(23)15-10-16(21-11-20-15)22-14-9-13(18)7-6-12(14)2/h6-7,9-11H,3-5,8H2,1-2H3,(H,19,23)(H,20,21,22). The van der Waals surface area contributed by atoms with Gasteiger partial charge in [-0.1, -0.05) is 37.4 Å². The second-order valence-electron chi connectivity index (χ2n) is 5.34. The highest BCUT2D eigenvalue weighted by atomic mass is 35.5. The molecule has 0 fully saturated rings. The van der Waals surface area contributed by atoms with E-state index in [1.165, 1.54) is 6.33 Å². The number of aryl methyl sites for hydroxylation is 1. The van der Waals surface area contributed by atoms with Gasteiger partial charge in [-0.2, -0.15) is 0 Å². The number of aromatic nitrogens is 2. The third kappa shape index (κ3) is 5.21. The smallest absolute Gasteiger partial charge is 0.270 e. The number of nitrogens with zero attached hydrogens (tertiary/aromatic N) is 2. The van der Waals surface area contributed by atoms with Gasteiger partial charge in [0.25, 0.3) is 5.91 Å². The first-order chi connectivity index (χ1) is 11.1. The lowest BCUT2D eigenvalue weighted by molar-refractivity contribution is 0.0948. The molecule has 1 aromatic carbocycles. The average Bonchev–Trinajstić information content (AvgIpc) is 2.55. The molecule has 0 radical (unpaired) electrons. The van der Waals surface area contributed by atoms with Crippen LogP contribution in [-0.2, 0) is 0 Å². The van der Waals surface area contributed by atoms with Gasteiger partial charge in [0.05, 0.1) is 0 Å². The monoisotopic (exact) mass is 332 g/mol. The number of benzene rings is 1. The third-order valence-electron chi connectivity index (χ3n) is 3.43. The Bertz CT molecular complexity index is 675. The maximum atomic E-state index is 12.1. The minimum Gasteiger partial charge on any atom is -0.351 e. The summed E-state index contributed by atoms with van der Waals surface area (Å²) in [5, 5.41) is 6.68. The van der Waals surface area contributed by atoms with Crippen molar-refractivity contribution in [3.05, 3.63) is 46.9 Å². The number of nitrogens with one attached hydrogen (secondary N) is 2. The van der Waals surface area contributed by atoms with Crippen molar-refractivity contribution in [1.29, 1.82) is 0 Å². The summed E-state index contributed by atoms with van der Waals surface area (Å²) in [5.74, 6) is 0.374. The van der Waals surface area contributed by atoms with Crippen molar-refractivity contribution in [2.45, 2.75) is 33.1 Å². The molecule has 0 aliphatic heterocycles. The number of anilines is 2. The average molecular weight is 333 g/mol. The highest BCUT2D eigenvalue weighted by Gasteiger charge is 2.09. The molecule has 2 aromatic rings. The number of carbonyl (C=O) groups is 1. The summed E-state index contributed by atoms with van der Waals surface area (Å²) < 4.78 is 0. The molecule has 2 N–H and O–H groups in total. The summed E-state index contributed by atoms with van der Waals surface area (Å²) in [5.41, 5.74) is 2.24. The molecule has 6 heteroatoms. The zero-order valence-corrected chi connectivity index (χ0v) is 14.2. The van der Waals surface area contributed by atoms with E-state index in [0.717, 1.165) is 30.5 Å². The van der Waals surface area contributed by atoms with Gasteiger partial charge in [-0.15, -0.1) is 0 Å². The van der Waals surface area contributed by atoms with Crippen molar-refractivity contribution in [3.63, 3.8) is 0 Å². The van der Waals surface area contributed by atoms with Crippen LogP contribution in [0, 0.1) is 6.92 Å². The van der Waals surface area contributed by atoms with Gasteiger partial charge in [-0.25, -0.2) is 9.97 Å². The molecule has 0 bridgehead atoms. The Kier molecular flexibility index (Phi) is 6.35. The van der Waals surface area contributed by atoms with Crippen LogP contribution in [0.15, 0.2) is 30.6 Å². The molecule has 0 unspecified atom stereocenters. The number of halogens is 1. The predicted octanol–water partition coefficient (Wildman–Crippen LogP) is 4.10. The Morgan fingerprint density at radius 3 is 2.83 bits per heavy atom. The topological polar surface area (TPSA) is 66.9 Å². The molecule has 5 nitrogen and oxygen atoms in total. The first kappa shape index (κ1) is 17.2. The van der Waals surface area contributed by atoms with Crippen LogP contribution in [0.4, 0.5) is 11.5 Å². The van der Waals surface area contributed by atoms with Crippen LogP contribution in [0.25, 0.3) is 0 Å². The van der Waals surface area contributed by atoms with Gasteiger partial charge in [-0.05, 0) is 31.0 Å². The molecule has 0 aliphatic carbocycles. The lowest BCUT2D eigenvalue weighted by atomic mass is 10.2. The van der Waals surface area contributed by atoms with E-state index in [-0.39, 0.29) is 5.91 Å². The number of hydrogen-bond donors (Lipinski definition) is 2. The fourth-order valence-electron chi connectivity index (χ4n) is 2.08. The molecule has 0 atom stereocenters. The van der Waals surface area contributed by atoms with Crippen LogP contribution in [0.1, 0.15) is 42.2 Å². The van der Waals surface area contributed by atoms with Crippen molar-refractivity contribution in [1.82, 2.24) is 15.3 Å². The molecule has 1 amide bonds. The van der Waals surface area contributed by atoms with Gasteiger partial charge >= 0.3 is 0 Å². The number of hydrogen-bond acceptors (Lipinski definition) is 4. The summed E-state index contributed by atoms with van der Waals surface area (Å²) >= 11 is 6.01. The van der Waals surface area contributed by atoms with Gasteiger partial charge in [0.15, 0.2) is 0 Å². The highest BCUT2D eigenvalue weighted by molar-refractivity contribution is 6.30. The second kappa shape index (κ2) is 8.48. The maximum Gasteiger partial charge on any atom is 0.270 e. The molecule has 23 heavy (non-hydrogen) atoms. The van der Waals surface area contributed by atoms with Crippen LogP contribution in [-0.4, -0.2) is 22.4 Å². The highest BCUT2D eigenvalue weighted by Crippen LogP contribution is 2.23. The van der Waals surface area contributed by atoms with E-state index < -0.39 is 0 Å². The van der Waals surface area contributed by atoms with Gasteiger partial charge in [0.2, 0.25) is 0 Å². The van der Waals surface area contributed by atoms with E-state index in [2.05, 4.69) is 27.5 Å². The Morgan fingerprint density at radius 2 is 2.04 bits per heavy atom. The fraction of sp³-hybridized carbons (Fsp3) is 0.353. The Hall–Kier alpha value is -2.14. The molecule has 1 heterocycles. The molecule has 1 aromatic heterocycles. The van der Waals surface area contributed by atoms with E-state index in [0.29, 0.717) is 23.1 Å². The predicted molar refractivity (Wildman–Crippen MR) is 93.4 cm³/mol. The van der Waals surface area contributed by atoms with Crippen LogP contribution >= 0.6 is 11.6 Å². The van der Waals surface area contributed by atoms with Crippen molar-refractivity contribution in [2.24, 2.45) is 0 Å².